The van der Waals surface area contributed by atoms with E-state index in [0.717, 1.165) is 31.6 Å². The molecule has 3 nitrogen and oxygen atoms in total. The van der Waals surface area contributed by atoms with Crippen molar-refractivity contribution in [1.82, 2.24) is 15.1 Å². The largest absolute Gasteiger partial charge is 0.314 e. The summed E-state index contributed by atoms with van der Waals surface area (Å²) in [6, 6.07) is 10.1. The molecule has 1 atom stereocenters. The van der Waals surface area contributed by atoms with Crippen LogP contribution < -0.4 is 5.32 Å². The molecule has 4 heteroatoms. The van der Waals surface area contributed by atoms with Crippen LogP contribution in [0.5, 0.6) is 0 Å². The summed E-state index contributed by atoms with van der Waals surface area (Å²) in [5.41, 5.74) is 2.94. The first-order valence-electron chi connectivity index (χ1n) is 8.95. The zero-order chi connectivity index (χ0) is 15.4. The third kappa shape index (κ3) is 5.46. The zero-order valence-corrected chi connectivity index (χ0v) is 15.4. The second-order valence-corrected chi connectivity index (χ2v) is 7.38. The number of benzene rings is 1. The van der Waals surface area contributed by atoms with Crippen molar-refractivity contribution in [3.63, 3.8) is 0 Å². The molecule has 2 aliphatic heterocycles. The van der Waals surface area contributed by atoms with E-state index in [4.69, 9.17) is 0 Å². The fourth-order valence-corrected chi connectivity index (χ4v) is 3.81. The van der Waals surface area contributed by atoms with Crippen molar-refractivity contribution in [3.8, 4) is 0 Å². The molecular weight excluding hydrogens is 306 g/mol. The van der Waals surface area contributed by atoms with Crippen LogP contribution in [-0.4, -0.2) is 55.1 Å². The summed E-state index contributed by atoms with van der Waals surface area (Å²) in [7, 11) is 0. The Bertz CT molecular complexity index is 454. The predicted octanol–water partition coefficient (Wildman–Crippen LogP) is 2.79. The van der Waals surface area contributed by atoms with Crippen LogP contribution in [0.3, 0.4) is 0 Å². The van der Waals surface area contributed by atoms with Crippen LogP contribution in [0.1, 0.15) is 31.4 Å². The molecule has 1 unspecified atom stereocenters. The number of nitrogens with one attached hydrogen (secondary N) is 1. The molecule has 2 heterocycles. The lowest BCUT2D eigenvalue weighted by atomic mass is 10.0. The maximum Gasteiger partial charge on any atom is 0.0236 e. The van der Waals surface area contributed by atoms with Crippen LogP contribution in [0, 0.1) is 5.92 Å². The minimum atomic E-state index is 0. The number of likely N-dealkylation sites (tertiary alicyclic amines) is 1. The Labute approximate surface area is 147 Å². The van der Waals surface area contributed by atoms with Gasteiger partial charge in [-0.2, -0.15) is 0 Å². The van der Waals surface area contributed by atoms with Crippen molar-refractivity contribution in [2.45, 2.75) is 39.3 Å². The Morgan fingerprint density at radius 2 is 1.70 bits per heavy atom. The normalized spacial score (nSPS) is 23.2. The van der Waals surface area contributed by atoms with Crippen LogP contribution in [0.4, 0.5) is 0 Å². The van der Waals surface area contributed by atoms with Gasteiger partial charge in [0.2, 0.25) is 0 Å². The van der Waals surface area contributed by atoms with Crippen LogP contribution >= 0.6 is 12.4 Å². The summed E-state index contributed by atoms with van der Waals surface area (Å²) >= 11 is 0. The van der Waals surface area contributed by atoms with E-state index < -0.39 is 0 Å². The van der Waals surface area contributed by atoms with Gasteiger partial charge in [0, 0.05) is 51.9 Å². The van der Waals surface area contributed by atoms with Crippen LogP contribution in [0.2, 0.25) is 0 Å². The van der Waals surface area contributed by atoms with Gasteiger partial charge in [-0.15, -0.1) is 12.4 Å². The van der Waals surface area contributed by atoms with E-state index in [1.54, 1.807) is 0 Å². The molecule has 130 valence electrons. The summed E-state index contributed by atoms with van der Waals surface area (Å²) < 4.78 is 0. The molecule has 2 aliphatic rings. The zero-order valence-electron chi connectivity index (χ0n) is 14.6. The van der Waals surface area contributed by atoms with E-state index in [1.807, 2.05) is 0 Å². The van der Waals surface area contributed by atoms with Crippen molar-refractivity contribution < 1.29 is 0 Å². The molecule has 0 spiro atoms. The van der Waals surface area contributed by atoms with Crippen LogP contribution in [0.25, 0.3) is 0 Å². The minimum Gasteiger partial charge on any atom is -0.314 e. The van der Waals surface area contributed by atoms with Crippen molar-refractivity contribution in [3.05, 3.63) is 35.4 Å². The van der Waals surface area contributed by atoms with Crippen molar-refractivity contribution in [1.29, 1.82) is 0 Å². The fraction of sp³-hybridized carbons (Fsp3) is 0.684. The second kappa shape index (κ2) is 9.03. The lowest BCUT2D eigenvalue weighted by Crippen LogP contribution is -2.49. The standard InChI is InChI=1S/C19H31N3.ClH/c1-16(2)13-17-3-5-18(6-4-17)14-21-10-7-19(15-21)22-11-8-20-9-12-22;/h3-6,16,19-20H,7-15H2,1-2H3;1H. The van der Waals surface area contributed by atoms with Crippen molar-refractivity contribution in [2.24, 2.45) is 5.92 Å². The Morgan fingerprint density at radius 1 is 1.04 bits per heavy atom. The molecule has 1 aromatic rings. The fourth-order valence-electron chi connectivity index (χ4n) is 3.81. The molecule has 0 aromatic heterocycles. The number of hydrogen-bond acceptors (Lipinski definition) is 3. The SMILES string of the molecule is CC(C)Cc1ccc(CN2CCC(N3CCNCC3)C2)cc1.Cl. The van der Waals surface area contributed by atoms with E-state index in [2.05, 4.69) is 53.2 Å². The van der Waals surface area contributed by atoms with Crippen molar-refractivity contribution >= 4 is 12.4 Å². The van der Waals surface area contributed by atoms with Gasteiger partial charge in [-0.3, -0.25) is 9.80 Å². The van der Waals surface area contributed by atoms with Crippen LogP contribution in [0.15, 0.2) is 24.3 Å². The van der Waals surface area contributed by atoms with E-state index in [9.17, 15) is 0 Å². The predicted molar refractivity (Wildman–Crippen MR) is 100 cm³/mol. The van der Waals surface area contributed by atoms with Crippen LogP contribution in [-0.2, 0) is 13.0 Å². The van der Waals surface area contributed by atoms with E-state index >= 15 is 0 Å². The molecule has 0 aliphatic carbocycles. The molecule has 3 rings (SSSR count). The highest BCUT2D eigenvalue weighted by Gasteiger charge is 2.28. The topological polar surface area (TPSA) is 18.5 Å². The third-order valence-corrected chi connectivity index (χ3v) is 4.99. The molecule has 2 saturated heterocycles. The van der Waals surface area contributed by atoms with Gasteiger partial charge >= 0.3 is 0 Å². The van der Waals surface area contributed by atoms with Gasteiger partial charge in [-0.1, -0.05) is 38.1 Å². The average Bonchev–Trinajstić information content (AvgIpc) is 2.98. The van der Waals surface area contributed by atoms with Gasteiger partial charge < -0.3 is 5.32 Å². The molecule has 0 bridgehead atoms. The highest BCUT2D eigenvalue weighted by Crippen LogP contribution is 2.19. The average molecular weight is 338 g/mol. The Kier molecular flexibility index (Phi) is 7.35. The van der Waals surface area contributed by atoms with E-state index in [1.165, 1.54) is 50.1 Å². The summed E-state index contributed by atoms with van der Waals surface area (Å²) in [6.45, 7) is 13.0. The summed E-state index contributed by atoms with van der Waals surface area (Å²) in [5.74, 6) is 0.740. The highest BCUT2D eigenvalue weighted by atomic mass is 35.5. The highest BCUT2D eigenvalue weighted by molar-refractivity contribution is 5.85. The molecular formula is C19H32ClN3. The molecule has 1 aromatic carbocycles. The number of halogens is 1. The molecule has 0 saturated carbocycles. The first-order chi connectivity index (χ1) is 10.7. The van der Waals surface area contributed by atoms with E-state index in [0.29, 0.717) is 0 Å². The minimum absolute atomic E-state index is 0. The van der Waals surface area contributed by atoms with Gasteiger partial charge in [-0.25, -0.2) is 0 Å². The smallest absolute Gasteiger partial charge is 0.0236 e. The van der Waals surface area contributed by atoms with Gasteiger partial charge in [0.15, 0.2) is 0 Å². The van der Waals surface area contributed by atoms with E-state index in [-0.39, 0.29) is 12.4 Å². The maximum atomic E-state index is 3.45. The molecule has 0 amide bonds. The third-order valence-electron chi connectivity index (χ3n) is 4.99. The summed E-state index contributed by atoms with van der Waals surface area (Å²) in [4.78, 5) is 5.31. The number of hydrogen-bond donors (Lipinski definition) is 1. The van der Waals surface area contributed by atoms with Gasteiger partial charge in [0.25, 0.3) is 0 Å². The second-order valence-electron chi connectivity index (χ2n) is 7.38. The Balaban J connectivity index is 0.00000192. The van der Waals surface area contributed by atoms with Crippen molar-refractivity contribution in [2.75, 3.05) is 39.3 Å². The molecule has 2 fully saturated rings. The molecule has 0 radical (unpaired) electrons. The molecule has 1 N–H and O–H groups in total. The summed E-state index contributed by atoms with van der Waals surface area (Å²) in [6.07, 6.45) is 2.53. The summed E-state index contributed by atoms with van der Waals surface area (Å²) in [5, 5.41) is 3.45. The lowest BCUT2D eigenvalue weighted by molar-refractivity contribution is 0.170. The lowest BCUT2D eigenvalue weighted by Gasteiger charge is -2.32. The quantitative estimate of drug-likeness (QED) is 0.891. The monoisotopic (exact) mass is 337 g/mol. The first kappa shape index (κ1) is 18.7. The molecule has 23 heavy (non-hydrogen) atoms. The first-order valence-corrected chi connectivity index (χ1v) is 8.95. The maximum absolute atomic E-state index is 3.45. The van der Waals surface area contributed by atoms with Gasteiger partial charge in [0.1, 0.15) is 0 Å². The Hall–Kier alpha value is -0.610. The number of piperazine rings is 1. The van der Waals surface area contributed by atoms with Gasteiger partial charge in [-0.05, 0) is 29.9 Å². The number of nitrogens with zero attached hydrogens (tertiary/aromatic N) is 2. The van der Waals surface area contributed by atoms with Gasteiger partial charge in [0.05, 0.1) is 0 Å². The number of rotatable bonds is 5. The Morgan fingerprint density at radius 3 is 2.35 bits per heavy atom.